The number of nitrogens with zero attached hydrogens (tertiary/aromatic N) is 1. The predicted octanol–water partition coefficient (Wildman–Crippen LogP) is 4.15. The highest BCUT2D eigenvalue weighted by atomic mass is 32.1. The number of aromatic nitrogens is 1. The molecule has 0 spiro atoms. The second-order valence-electron chi connectivity index (χ2n) is 4.50. The van der Waals surface area contributed by atoms with E-state index in [1.54, 1.807) is 11.3 Å². The molecule has 0 bridgehead atoms. The first kappa shape index (κ1) is 13.1. The third-order valence-corrected chi connectivity index (χ3v) is 3.82. The summed E-state index contributed by atoms with van der Waals surface area (Å²) in [5.74, 6) is 0.768. The molecule has 0 atom stereocenters. The Morgan fingerprint density at radius 1 is 1.28 bits per heavy atom. The molecule has 0 aliphatic rings. The number of unbranched alkanes of at least 4 members (excludes halogenated alkanes) is 3. The van der Waals surface area contributed by atoms with Crippen molar-refractivity contribution in [3.63, 3.8) is 0 Å². The highest BCUT2D eigenvalue weighted by molar-refractivity contribution is 7.18. The van der Waals surface area contributed by atoms with Crippen LogP contribution in [0.4, 0.5) is 5.69 Å². The largest absolute Gasteiger partial charge is 0.491 e. The van der Waals surface area contributed by atoms with Crippen LogP contribution in [0, 0.1) is 6.92 Å². The van der Waals surface area contributed by atoms with Crippen LogP contribution in [-0.4, -0.2) is 11.6 Å². The summed E-state index contributed by atoms with van der Waals surface area (Å²) in [6.07, 6.45) is 4.81. The zero-order chi connectivity index (χ0) is 13.0. The highest BCUT2D eigenvalue weighted by Crippen LogP contribution is 2.31. The number of rotatable bonds is 6. The number of nitrogens with two attached hydrogens (primary N) is 1. The lowest BCUT2D eigenvalue weighted by atomic mass is 10.2. The number of ether oxygens (including phenoxy) is 1. The summed E-state index contributed by atoms with van der Waals surface area (Å²) >= 11 is 1.66. The Hall–Kier alpha value is -1.29. The minimum Gasteiger partial charge on any atom is -0.491 e. The first-order chi connectivity index (χ1) is 8.70. The molecular formula is C14H20N2OS. The Labute approximate surface area is 112 Å². The molecule has 98 valence electrons. The van der Waals surface area contributed by atoms with E-state index in [2.05, 4.69) is 11.9 Å². The molecule has 3 nitrogen and oxygen atoms in total. The van der Waals surface area contributed by atoms with E-state index in [0.717, 1.165) is 34.0 Å². The topological polar surface area (TPSA) is 48.1 Å². The first-order valence-electron chi connectivity index (χ1n) is 6.50. The molecule has 0 saturated heterocycles. The van der Waals surface area contributed by atoms with Gasteiger partial charge in [0.1, 0.15) is 5.75 Å². The lowest BCUT2D eigenvalue weighted by Gasteiger charge is -2.08. The van der Waals surface area contributed by atoms with Crippen LogP contribution in [0.2, 0.25) is 0 Å². The number of aryl methyl sites for hydroxylation is 1. The van der Waals surface area contributed by atoms with E-state index in [9.17, 15) is 0 Å². The van der Waals surface area contributed by atoms with Crippen molar-refractivity contribution in [2.24, 2.45) is 0 Å². The number of benzene rings is 1. The van der Waals surface area contributed by atoms with Crippen LogP contribution in [-0.2, 0) is 0 Å². The van der Waals surface area contributed by atoms with Gasteiger partial charge in [-0.05, 0) is 19.4 Å². The van der Waals surface area contributed by atoms with Gasteiger partial charge in [-0.25, -0.2) is 4.98 Å². The lowest BCUT2D eigenvalue weighted by Crippen LogP contribution is -2.00. The van der Waals surface area contributed by atoms with Crippen LogP contribution in [0.3, 0.4) is 0 Å². The number of fused-ring (bicyclic) bond motifs is 1. The Kier molecular flexibility index (Phi) is 4.42. The van der Waals surface area contributed by atoms with Gasteiger partial charge in [-0.15, -0.1) is 11.3 Å². The van der Waals surface area contributed by atoms with Gasteiger partial charge in [0, 0.05) is 6.07 Å². The summed E-state index contributed by atoms with van der Waals surface area (Å²) in [5.41, 5.74) is 7.68. The van der Waals surface area contributed by atoms with Crippen molar-refractivity contribution in [1.29, 1.82) is 0 Å². The molecule has 2 aromatic rings. The molecule has 0 fully saturated rings. The monoisotopic (exact) mass is 264 g/mol. The van der Waals surface area contributed by atoms with Gasteiger partial charge in [-0.2, -0.15) is 0 Å². The Balaban J connectivity index is 2.01. The summed E-state index contributed by atoms with van der Waals surface area (Å²) in [7, 11) is 0. The molecule has 2 rings (SSSR count). The number of nitrogen functional groups attached to an aromatic ring is 1. The third-order valence-electron chi connectivity index (χ3n) is 2.88. The van der Waals surface area contributed by atoms with Crippen LogP contribution < -0.4 is 10.5 Å². The summed E-state index contributed by atoms with van der Waals surface area (Å²) < 4.78 is 6.87. The molecule has 4 heteroatoms. The fourth-order valence-corrected chi connectivity index (χ4v) is 2.78. The standard InChI is InChI=1S/C14H20N2OS/c1-3-4-5-6-7-17-13-9-12-14(8-11(13)15)18-10(2)16-12/h8-9H,3-7,15H2,1-2H3. The summed E-state index contributed by atoms with van der Waals surface area (Å²) in [6.45, 7) is 4.95. The van der Waals surface area contributed by atoms with Gasteiger partial charge in [0.05, 0.1) is 27.5 Å². The average molecular weight is 264 g/mol. The number of anilines is 1. The molecule has 0 aliphatic carbocycles. The van der Waals surface area contributed by atoms with Gasteiger partial charge in [-0.3, -0.25) is 0 Å². The second-order valence-corrected chi connectivity index (χ2v) is 5.73. The smallest absolute Gasteiger partial charge is 0.144 e. The highest BCUT2D eigenvalue weighted by Gasteiger charge is 2.07. The number of thiazole rings is 1. The van der Waals surface area contributed by atoms with Crippen LogP contribution in [0.1, 0.15) is 37.6 Å². The van der Waals surface area contributed by atoms with Crippen LogP contribution in [0.5, 0.6) is 5.75 Å². The molecule has 18 heavy (non-hydrogen) atoms. The maximum Gasteiger partial charge on any atom is 0.144 e. The minimum absolute atomic E-state index is 0.710. The Bertz CT molecular complexity index is 522. The van der Waals surface area contributed by atoms with Crippen molar-refractivity contribution < 1.29 is 4.74 Å². The molecule has 1 aromatic heterocycles. The normalized spacial score (nSPS) is 11.0. The minimum atomic E-state index is 0.710. The van der Waals surface area contributed by atoms with Gasteiger partial charge in [0.2, 0.25) is 0 Å². The van der Waals surface area contributed by atoms with E-state index in [1.165, 1.54) is 19.3 Å². The number of hydrogen-bond acceptors (Lipinski definition) is 4. The number of hydrogen-bond donors (Lipinski definition) is 1. The molecule has 0 unspecified atom stereocenters. The summed E-state index contributed by atoms with van der Waals surface area (Å²) in [4.78, 5) is 4.46. The summed E-state index contributed by atoms with van der Waals surface area (Å²) in [6, 6.07) is 3.91. The molecule has 0 radical (unpaired) electrons. The van der Waals surface area contributed by atoms with Crippen molar-refractivity contribution in [2.45, 2.75) is 39.5 Å². The Morgan fingerprint density at radius 2 is 2.11 bits per heavy atom. The maximum absolute atomic E-state index is 5.99. The van der Waals surface area contributed by atoms with E-state index in [0.29, 0.717) is 5.69 Å². The summed E-state index contributed by atoms with van der Waals surface area (Å²) in [5, 5.41) is 1.06. The van der Waals surface area contributed by atoms with Crippen molar-refractivity contribution >= 4 is 27.2 Å². The van der Waals surface area contributed by atoms with E-state index in [-0.39, 0.29) is 0 Å². The van der Waals surface area contributed by atoms with Gasteiger partial charge in [0.25, 0.3) is 0 Å². The third kappa shape index (κ3) is 3.13. The van der Waals surface area contributed by atoms with Crippen LogP contribution in [0.25, 0.3) is 10.2 Å². The Morgan fingerprint density at radius 3 is 2.89 bits per heavy atom. The van der Waals surface area contributed by atoms with Gasteiger partial charge < -0.3 is 10.5 Å². The van der Waals surface area contributed by atoms with Crippen molar-refractivity contribution in [3.8, 4) is 5.75 Å². The van der Waals surface area contributed by atoms with Crippen molar-refractivity contribution in [2.75, 3.05) is 12.3 Å². The fourth-order valence-electron chi connectivity index (χ4n) is 1.92. The average Bonchev–Trinajstić information content (AvgIpc) is 2.68. The zero-order valence-electron chi connectivity index (χ0n) is 11.0. The molecular weight excluding hydrogens is 244 g/mol. The van der Waals surface area contributed by atoms with E-state index in [1.807, 2.05) is 19.1 Å². The van der Waals surface area contributed by atoms with Crippen molar-refractivity contribution in [3.05, 3.63) is 17.1 Å². The van der Waals surface area contributed by atoms with E-state index >= 15 is 0 Å². The van der Waals surface area contributed by atoms with Gasteiger partial charge >= 0.3 is 0 Å². The second kappa shape index (κ2) is 6.05. The van der Waals surface area contributed by atoms with E-state index in [4.69, 9.17) is 10.5 Å². The maximum atomic E-state index is 5.99. The molecule has 0 aliphatic heterocycles. The molecule has 1 aromatic carbocycles. The quantitative estimate of drug-likeness (QED) is 0.630. The lowest BCUT2D eigenvalue weighted by molar-refractivity contribution is 0.307. The SMILES string of the molecule is CCCCCCOc1cc2nc(C)sc2cc1N. The molecule has 0 saturated carbocycles. The van der Waals surface area contributed by atoms with Crippen LogP contribution >= 0.6 is 11.3 Å². The predicted molar refractivity (Wildman–Crippen MR) is 78.4 cm³/mol. The fraction of sp³-hybridized carbons (Fsp3) is 0.500. The van der Waals surface area contributed by atoms with Crippen molar-refractivity contribution in [1.82, 2.24) is 4.98 Å². The van der Waals surface area contributed by atoms with Gasteiger partial charge in [0.15, 0.2) is 0 Å². The molecule has 1 heterocycles. The molecule has 0 amide bonds. The molecule has 2 N–H and O–H groups in total. The van der Waals surface area contributed by atoms with Gasteiger partial charge in [-0.1, -0.05) is 26.2 Å². The first-order valence-corrected chi connectivity index (χ1v) is 7.32. The van der Waals surface area contributed by atoms with Crippen LogP contribution in [0.15, 0.2) is 12.1 Å². The van der Waals surface area contributed by atoms with E-state index < -0.39 is 0 Å². The zero-order valence-corrected chi connectivity index (χ0v) is 11.8.